The first-order chi connectivity index (χ1) is 8.98. The first-order valence-electron chi connectivity index (χ1n) is 6.89. The first-order valence-corrected chi connectivity index (χ1v) is 6.89. The lowest BCUT2D eigenvalue weighted by atomic mass is 9.48. The van der Waals surface area contributed by atoms with Crippen LogP contribution in [0.1, 0.15) is 33.1 Å². The van der Waals surface area contributed by atoms with Gasteiger partial charge < -0.3 is 4.74 Å². The predicted octanol–water partition coefficient (Wildman–Crippen LogP) is 3.80. The van der Waals surface area contributed by atoms with E-state index < -0.39 is 0 Å². The van der Waals surface area contributed by atoms with Crippen molar-refractivity contribution < 1.29 is 9.66 Å². The number of rotatable bonds is 3. The van der Waals surface area contributed by atoms with Crippen molar-refractivity contribution in [2.75, 3.05) is 0 Å². The maximum absolute atomic E-state index is 10.6. The van der Waals surface area contributed by atoms with E-state index >= 15 is 0 Å². The lowest BCUT2D eigenvalue weighted by Gasteiger charge is -2.59. The Hall–Kier alpha value is -1.58. The van der Waals surface area contributed by atoms with Crippen molar-refractivity contribution in [3.8, 4) is 5.75 Å². The molecule has 0 spiro atoms. The number of ether oxygens (including phenoxy) is 1. The second kappa shape index (κ2) is 4.22. The lowest BCUT2D eigenvalue weighted by molar-refractivity contribution is -0.384. The second-order valence-electron chi connectivity index (χ2n) is 6.35. The number of nitro groups is 1. The minimum absolute atomic E-state index is 0.111. The van der Waals surface area contributed by atoms with Crippen molar-refractivity contribution in [3.63, 3.8) is 0 Å². The summed E-state index contributed by atoms with van der Waals surface area (Å²) in [5.74, 6) is 2.23. The lowest BCUT2D eigenvalue weighted by Crippen LogP contribution is -2.56. The zero-order valence-corrected chi connectivity index (χ0v) is 11.3. The van der Waals surface area contributed by atoms with Gasteiger partial charge in [0, 0.05) is 18.1 Å². The Labute approximate surface area is 112 Å². The van der Waals surface area contributed by atoms with E-state index in [2.05, 4.69) is 13.8 Å². The molecule has 1 aromatic rings. The van der Waals surface area contributed by atoms with Crippen molar-refractivity contribution in [2.24, 2.45) is 17.3 Å². The fourth-order valence-corrected chi connectivity index (χ4v) is 3.71. The summed E-state index contributed by atoms with van der Waals surface area (Å²) < 4.78 is 6.05. The highest BCUT2D eigenvalue weighted by atomic mass is 16.6. The molecule has 0 amide bonds. The quantitative estimate of drug-likeness (QED) is 0.614. The van der Waals surface area contributed by atoms with Gasteiger partial charge in [0.05, 0.1) is 4.92 Å². The third-order valence-corrected chi connectivity index (χ3v) is 5.13. The maximum Gasteiger partial charge on any atom is 0.269 e. The number of fused-ring (bicyclic) bond motifs is 2. The van der Waals surface area contributed by atoms with E-state index in [0.717, 1.165) is 18.1 Å². The molecular weight excluding hydrogens is 242 g/mol. The topological polar surface area (TPSA) is 52.4 Å². The third-order valence-electron chi connectivity index (χ3n) is 5.13. The molecule has 1 aromatic carbocycles. The van der Waals surface area contributed by atoms with Crippen LogP contribution in [-0.4, -0.2) is 11.0 Å². The molecule has 2 unspecified atom stereocenters. The second-order valence-corrected chi connectivity index (χ2v) is 6.35. The van der Waals surface area contributed by atoms with Gasteiger partial charge in [0.25, 0.3) is 5.69 Å². The number of hydrogen-bond donors (Lipinski definition) is 0. The van der Waals surface area contributed by atoms with Crippen LogP contribution < -0.4 is 4.74 Å². The van der Waals surface area contributed by atoms with Gasteiger partial charge in [0.2, 0.25) is 0 Å². The van der Waals surface area contributed by atoms with E-state index in [1.165, 1.54) is 25.0 Å². The number of benzene rings is 1. The van der Waals surface area contributed by atoms with Crippen LogP contribution in [0.5, 0.6) is 5.75 Å². The summed E-state index contributed by atoms with van der Waals surface area (Å²) in [5, 5.41) is 10.6. The van der Waals surface area contributed by atoms with Crippen molar-refractivity contribution in [2.45, 2.75) is 39.2 Å². The summed E-state index contributed by atoms with van der Waals surface area (Å²) in [6.07, 6.45) is 3.88. The summed E-state index contributed by atoms with van der Waals surface area (Å²) in [6.45, 7) is 4.66. The van der Waals surface area contributed by atoms with Gasteiger partial charge in [-0.15, -0.1) is 0 Å². The van der Waals surface area contributed by atoms with Crippen LogP contribution in [0.25, 0.3) is 0 Å². The van der Waals surface area contributed by atoms with Crippen molar-refractivity contribution in [1.82, 2.24) is 0 Å². The number of nitrogens with zero attached hydrogens (tertiary/aromatic N) is 1. The summed E-state index contributed by atoms with van der Waals surface area (Å²) in [4.78, 5) is 10.2. The molecule has 4 nitrogen and oxygen atoms in total. The van der Waals surface area contributed by atoms with Gasteiger partial charge in [-0.2, -0.15) is 0 Å². The molecule has 4 rings (SSSR count). The van der Waals surface area contributed by atoms with Crippen LogP contribution in [0, 0.1) is 27.4 Å². The van der Waals surface area contributed by atoms with Gasteiger partial charge >= 0.3 is 0 Å². The van der Waals surface area contributed by atoms with Crippen molar-refractivity contribution in [1.29, 1.82) is 0 Å². The Morgan fingerprint density at radius 3 is 2.47 bits per heavy atom. The minimum Gasteiger partial charge on any atom is -0.490 e. The van der Waals surface area contributed by atoms with Gasteiger partial charge in [-0.25, -0.2) is 0 Å². The van der Waals surface area contributed by atoms with E-state index in [4.69, 9.17) is 4.74 Å². The Balaban J connectivity index is 1.70. The van der Waals surface area contributed by atoms with E-state index in [9.17, 15) is 10.1 Å². The molecule has 2 bridgehead atoms. The van der Waals surface area contributed by atoms with Crippen LogP contribution in [0.2, 0.25) is 0 Å². The smallest absolute Gasteiger partial charge is 0.269 e. The third kappa shape index (κ3) is 1.99. The molecule has 0 aromatic heterocycles. The SMILES string of the molecule is CC1(C)C2CC[C@@H](Oc3ccc([N+](=O)[O-])cc3)C1C2. The van der Waals surface area contributed by atoms with Crippen LogP contribution in [-0.2, 0) is 0 Å². The van der Waals surface area contributed by atoms with E-state index in [-0.39, 0.29) is 16.7 Å². The molecule has 3 aliphatic carbocycles. The van der Waals surface area contributed by atoms with Gasteiger partial charge in [-0.3, -0.25) is 10.1 Å². The standard InChI is InChI=1S/C15H19NO3/c1-15(2)10-3-8-14(13(15)9-10)19-12-6-4-11(5-7-12)16(17)18/h4-7,10,13-14H,3,8-9H2,1-2H3/t10?,13?,14-/m1/s1. The Bertz CT molecular complexity index is 493. The summed E-state index contributed by atoms with van der Waals surface area (Å²) in [5.41, 5.74) is 0.504. The van der Waals surface area contributed by atoms with Gasteiger partial charge in [-0.1, -0.05) is 13.8 Å². The van der Waals surface area contributed by atoms with Gasteiger partial charge in [0.15, 0.2) is 0 Å². The molecule has 3 aliphatic rings. The zero-order valence-electron chi connectivity index (χ0n) is 11.3. The van der Waals surface area contributed by atoms with Crippen molar-refractivity contribution in [3.05, 3.63) is 34.4 Å². The Morgan fingerprint density at radius 2 is 1.95 bits per heavy atom. The molecule has 3 atom stereocenters. The Kier molecular flexibility index (Phi) is 2.77. The molecular formula is C15H19NO3. The van der Waals surface area contributed by atoms with Crippen LogP contribution in [0.4, 0.5) is 5.69 Å². The molecule has 0 aliphatic heterocycles. The van der Waals surface area contributed by atoms with Gasteiger partial charge in [-0.05, 0) is 42.7 Å². The molecule has 4 heteroatoms. The normalized spacial score (nSPS) is 31.4. The highest BCUT2D eigenvalue weighted by Gasteiger charge is 2.55. The van der Waals surface area contributed by atoms with Crippen LogP contribution in [0.15, 0.2) is 24.3 Å². The average Bonchev–Trinajstić information content (AvgIpc) is 2.39. The van der Waals surface area contributed by atoms with E-state index in [0.29, 0.717) is 11.3 Å². The molecule has 0 radical (unpaired) electrons. The van der Waals surface area contributed by atoms with E-state index in [1.54, 1.807) is 12.1 Å². The highest BCUT2D eigenvalue weighted by Crippen LogP contribution is 2.59. The summed E-state index contributed by atoms with van der Waals surface area (Å²) >= 11 is 0. The summed E-state index contributed by atoms with van der Waals surface area (Å²) in [7, 11) is 0. The van der Waals surface area contributed by atoms with Crippen LogP contribution >= 0.6 is 0 Å². The number of hydrogen-bond acceptors (Lipinski definition) is 3. The molecule has 0 saturated heterocycles. The average molecular weight is 261 g/mol. The molecule has 102 valence electrons. The molecule has 0 N–H and O–H groups in total. The van der Waals surface area contributed by atoms with Crippen LogP contribution in [0.3, 0.4) is 0 Å². The van der Waals surface area contributed by atoms with Crippen molar-refractivity contribution >= 4 is 5.69 Å². The molecule has 19 heavy (non-hydrogen) atoms. The molecule has 3 saturated carbocycles. The monoisotopic (exact) mass is 261 g/mol. The zero-order chi connectivity index (χ0) is 13.6. The molecule has 3 fully saturated rings. The number of nitro benzene ring substituents is 1. The molecule has 0 heterocycles. The highest BCUT2D eigenvalue weighted by molar-refractivity contribution is 5.36. The predicted molar refractivity (Wildman–Crippen MR) is 72.1 cm³/mol. The largest absolute Gasteiger partial charge is 0.490 e. The van der Waals surface area contributed by atoms with E-state index in [1.807, 2.05) is 0 Å². The minimum atomic E-state index is -0.385. The Morgan fingerprint density at radius 1 is 1.26 bits per heavy atom. The fraction of sp³-hybridized carbons (Fsp3) is 0.600. The summed E-state index contributed by atoms with van der Waals surface area (Å²) in [6, 6.07) is 6.42. The number of non-ortho nitro benzene ring substituents is 1. The first kappa shape index (κ1) is 12.5. The fourth-order valence-electron chi connectivity index (χ4n) is 3.71. The van der Waals surface area contributed by atoms with Gasteiger partial charge in [0.1, 0.15) is 11.9 Å². The maximum atomic E-state index is 10.6.